The van der Waals surface area contributed by atoms with Gasteiger partial charge in [-0.15, -0.1) is 0 Å². The summed E-state index contributed by atoms with van der Waals surface area (Å²) in [5.74, 6) is -0.540. The van der Waals surface area contributed by atoms with Crippen LogP contribution in [0.5, 0.6) is 0 Å². The van der Waals surface area contributed by atoms with Gasteiger partial charge in [0.1, 0.15) is 11.5 Å². The second-order valence-corrected chi connectivity index (χ2v) is 6.19. The van der Waals surface area contributed by atoms with Gasteiger partial charge in [0.25, 0.3) is 5.91 Å². The van der Waals surface area contributed by atoms with Gasteiger partial charge >= 0.3 is 0 Å². The van der Waals surface area contributed by atoms with Gasteiger partial charge in [0.05, 0.1) is 17.5 Å². The van der Waals surface area contributed by atoms with Crippen LogP contribution in [0.2, 0.25) is 0 Å². The van der Waals surface area contributed by atoms with Crippen molar-refractivity contribution < 1.29 is 14.0 Å². The Morgan fingerprint density at radius 1 is 1.24 bits per heavy atom. The van der Waals surface area contributed by atoms with Crippen LogP contribution in [0.1, 0.15) is 28.9 Å². The predicted molar refractivity (Wildman–Crippen MR) is 91.0 cm³/mol. The van der Waals surface area contributed by atoms with Gasteiger partial charge in [-0.1, -0.05) is 12.1 Å². The molecule has 0 saturated carbocycles. The average molecular weight is 344 g/mol. The van der Waals surface area contributed by atoms with Crippen LogP contribution >= 0.6 is 0 Å². The van der Waals surface area contributed by atoms with Gasteiger partial charge < -0.3 is 10.2 Å². The molecule has 132 valence electrons. The monoisotopic (exact) mass is 344 g/mol. The number of halogens is 1. The Balaban J connectivity index is 1.76. The number of carbonyl (C=O) groups is 2. The molecule has 1 N–H and O–H groups in total. The fraction of sp³-hybridized carbons (Fsp3) is 0.389. The first-order valence-electron chi connectivity index (χ1n) is 8.33. The van der Waals surface area contributed by atoms with Crippen LogP contribution in [0.25, 0.3) is 5.69 Å². The molecule has 7 heteroatoms. The van der Waals surface area contributed by atoms with Gasteiger partial charge in [0.2, 0.25) is 5.91 Å². The van der Waals surface area contributed by atoms with E-state index in [2.05, 4.69) is 10.4 Å². The molecule has 1 aliphatic rings. The molecule has 0 bridgehead atoms. The SMILES string of the molecule is CNC(=O)C1CCN(C(=O)c2cnn(-c3ccccc3F)c2C)CC1. The number of rotatable bonds is 3. The van der Waals surface area contributed by atoms with Crippen LogP contribution in [0.4, 0.5) is 4.39 Å². The zero-order chi connectivity index (χ0) is 18.0. The van der Waals surface area contributed by atoms with Crippen LogP contribution in [0.3, 0.4) is 0 Å². The van der Waals surface area contributed by atoms with Gasteiger partial charge in [-0.3, -0.25) is 9.59 Å². The molecular formula is C18H21FN4O2. The van der Waals surface area contributed by atoms with Crippen molar-refractivity contribution in [1.29, 1.82) is 0 Å². The highest BCUT2D eigenvalue weighted by Crippen LogP contribution is 2.22. The van der Waals surface area contributed by atoms with Crippen molar-refractivity contribution in [3.8, 4) is 5.69 Å². The van der Waals surface area contributed by atoms with E-state index in [9.17, 15) is 14.0 Å². The zero-order valence-electron chi connectivity index (χ0n) is 14.3. The lowest BCUT2D eigenvalue weighted by molar-refractivity contribution is -0.125. The molecule has 0 aliphatic carbocycles. The Morgan fingerprint density at radius 3 is 2.56 bits per heavy atom. The number of carbonyl (C=O) groups excluding carboxylic acids is 2. The maximum absolute atomic E-state index is 14.0. The molecule has 1 saturated heterocycles. The highest BCUT2D eigenvalue weighted by Gasteiger charge is 2.29. The van der Waals surface area contributed by atoms with Crippen LogP contribution in [0.15, 0.2) is 30.5 Å². The number of benzene rings is 1. The standard InChI is InChI=1S/C18H21FN4O2/c1-12-14(11-21-23(12)16-6-4-3-5-15(16)19)18(25)22-9-7-13(8-10-22)17(24)20-2/h3-6,11,13H,7-10H2,1-2H3,(H,20,24). The minimum Gasteiger partial charge on any atom is -0.359 e. The molecule has 2 heterocycles. The lowest BCUT2D eigenvalue weighted by atomic mass is 9.95. The zero-order valence-corrected chi connectivity index (χ0v) is 14.3. The smallest absolute Gasteiger partial charge is 0.257 e. The van der Waals surface area contributed by atoms with Crippen LogP contribution in [-0.4, -0.2) is 46.6 Å². The van der Waals surface area contributed by atoms with E-state index in [0.29, 0.717) is 42.9 Å². The Labute approximate surface area is 145 Å². The summed E-state index contributed by atoms with van der Waals surface area (Å²) >= 11 is 0. The molecule has 1 aromatic heterocycles. The van der Waals surface area contributed by atoms with Gasteiger partial charge in [0, 0.05) is 26.1 Å². The number of likely N-dealkylation sites (tertiary alicyclic amines) is 1. The number of amides is 2. The number of piperidine rings is 1. The molecule has 1 aliphatic heterocycles. The van der Waals surface area contributed by atoms with E-state index < -0.39 is 0 Å². The summed E-state index contributed by atoms with van der Waals surface area (Å²) in [6.07, 6.45) is 2.77. The largest absolute Gasteiger partial charge is 0.359 e. The second kappa shape index (κ2) is 7.04. The van der Waals surface area contributed by atoms with E-state index >= 15 is 0 Å². The van der Waals surface area contributed by atoms with Crippen LogP contribution in [0, 0.1) is 18.7 Å². The van der Waals surface area contributed by atoms with E-state index in [1.807, 2.05) is 0 Å². The van der Waals surface area contributed by atoms with Crippen molar-refractivity contribution in [2.75, 3.05) is 20.1 Å². The fourth-order valence-electron chi connectivity index (χ4n) is 3.21. The average Bonchev–Trinajstić information content (AvgIpc) is 3.02. The first-order chi connectivity index (χ1) is 12.0. The Morgan fingerprint density at radius 2 is 1.92 bits per heavy atom. The third kappa shape index (κ3) is 3.26. The number of hydrogen-bond donors (Lipinski definition) is 1. The number of hydrogen-bond acceptors (Lipinski definition) is 3. The van der Waals surface area contributed by atoms with E-state index in [0.717, 1.165) is 0 Å². The topological polar surface area (TPSA) is 67.2 Å². The highest BCUT2D eigenvalue weighted by molar-refractivity contribution is 5.95. The first kappa shape index (κ1) is 17.1. The number of para-hydroxylation sites is 1. The predicted octanol–water partition coefficient (Wildman–Crippen LogP) is 1.92. The molecule has 3 rings (SSSR count). The molecule has 2 aromatic rings. The molecule has 1 fully saturated rings. The molecule has 6 nitrogen and oxygen atoms in total. The maximum atomic E-state index is 14.0. The van der Waals surface area contributed by atoms with Gasteiger partial charge in [0.15, 0.2) is 0 Å². The third-order valence-electron chi connectivity index (χ3n) is 4.72. The third-order valence-corrected chi connectivity index (χ3v) is 4.72. The van der Waals surface area contributed by atoms with Crippen LogP contribution < -0.4 is 5.32 Å². The van der Waals surface area contributed by atoms with Gasteiger partial charge in [-0.05, 0) is 31.9 Å². The molecule has 0 atom stereocenters. The minimum absolute atomic E-state index is 0.0238. The van der Waals surface area contributed by atoms with Crippen LogP contribution in [-0.2, 0) is 4.79 Å². The lowest BCUT2D eigenvalue weighted by Crippen LogP contribution is -2.42. The molecule has 0 unspecified atom stereocenters. The molecular weight excluding hydrogens is 323 g/mol. The summed E-state index contributed by atoms with van der Waals surface area (Å²) < 4.78 is 15.4. The van der Waals surface area contributed by atoms with Crippen molar-refractivity contribution in [1.82, 2.24) is 20.0 Å². The van der Waals surface area contributed by atoms with E-state index in [-0.39, 0.29) is 23.5 Å². The van der Waals surface area contributed by atoms with Gasteiger partial charge in [-0.25, -0.2) is 9.07 Å². The summed E-state index contributed by atoms with van der Waals surface area (Å²) in [6.45, 7) is 2.81. The maximum Gasteiger partial charge on any atom is 0.257 e. The summed E-state index contributed by atoms with van der Waals surface area (Å²) in [7, 11) is 1.63. The Hall–Kier alpha value is -2.70. The molecule has 1 aromatic carbocycles. The number of nitrogens with one attached hydrogen (secondary N) is 1. The van der Waals surface area contributed by atoms with E-state index in [4.69, 9.17) is 0 Å². The normalized spacial score (nSPS) is 15.2. The van der Waals surface area contributed by atoms with E-state index in [1.54, 1.807) is 37.1 Å². The van der Waals surface area contributed by atoms with Crippen molar-refractivity contribution in [3.63, 3.8) is 0 Å². The fourth-order valence-corrected chi connectivity index (χ4v) is 3.21. The summed E-state index contributed by atoms with van der Waals surface area (Å²) in [5.41, 5.74) is 1.38. The van der Waals surface area contributed by atoms with Crippen molar-refractivity contribution >= 4 is 11.8 Å². The molecule has 0 spiro atoms. The molecule has 2 amide bonds. The highest BCUT2D eigenvalue weighted by atomic mass is 19.1. The number of aromatic nitrogens is 2. The Bertz CT molecular complexity index is 794. The summed E-state index contributed by atoms with van der Waals surface area (Å²) in [5, 5.41) is 6.84. The minimum atomic E-state index is -0.390. The quantitative estimate of drug-likeness (QED) is 0.925. The second-order valence-electron chi connectivity index (χ2n) is 6.19. The summed E-state index contributed by atoms with van der Waals surface area (Å²) in [4.78, 5) is 26.2. The first-order valence-corrected chi connectivity index (χ1v) is 8.33. The lowest BCUT2D eigenvalue weighted by Gasteiger charge is -2.31. The van der Waals surface area contributed by atoms with Crippen molar-refractivity contribution in [3.05, 3.63) is 47.5 Å². The van der Waals surface area contributed by atoms with Gasteiger partial charge in [-0.2, -0.15) is 5.10 Å². The Kier molecular flexibility index (Phi) is 4.83. The number of nitrogens with zero attached hydrogens (tertiary/aromatic N) is 3. The van der Waals surface area contributed by atoms with E-state index in [1.165, 1.54) is 16.9 Å². The molecule has 0 radical (unpaired) electrons. The van der Waals surface area contributed by atoms with Crippen molar-refractivity contribution in [2.45, 2.75) is 19.8 Å². The van der Waals surface area contributed by atoms with Crippen molar-refractivity contribution in [2.24, 2.45) is 5.92 Å². The summed E-state index contributed by atoms with van der Waals surface area (Å²) in [6, 6.07) is 6.32. The molecule has 25 heavy (non-hydrogen) atoms.